The third kappa shape index (κ3) is 4.32. The first-order valence-corrected chi connectivity index (χ1v) is 7.44. The van der Waals surface area contributed by atoms with Crippen LogP contribution in [0.25, 0.3) is 0 Å². The van der Waals surface area contributed by atoms with Crippen molar-refractivity contribution in [1.29, 1.82) is 0 Å². The Morgan fingerprint density at radius 1 is 1.35 bits per heavy atom. The maximum absolute atomic E-state index is 12.5. The highest BCUT2D eigenvalue weighted by Gasteiger charge is 2.43. The van der Waals surface area contributed by atoms with Crippen LogP contribution in [0, 0.1) is 5.92 Å². The first-order valence-electron chi connectivity index (χ1n) is 6.05. The molecule has 10 heteroatoms. The summed E-state index contributed by atoms with van der Waals surface area (Å²) in [5.41, 5.74) is 0. The van der Waals surface area contributed by atoms with Crippen LogP contribution in [0.1, 0.15) is 19.3 Å². The summed E-state index contributed by atoms with van der Waals surface area (Å²) in [6, 6.07) is 0. The quantitative estimate of drug-likeness (QED) is 0.817. The predicted molar refractivity (Wildman–Crippen MR) is 64.2 cm³/mol. The fraction of sp³-hybridized carbons (Fsp3) is 0.900. The van der Waals surface area contributed by atoms with Crippen LogP contribution in [0.5, 0.6) is 0 Å². The van der Waals surface area contributed by atoms with E-state index in [4.69, 9.17) is 5.11 Å². The lowest BCUT2D eigenvalue weighted by Crippen LogP contribution is -2.47. The summed E-state index contributed by atoms with van der Waals surface area (Å²) < 4.78 is 63.4. The molecule has 0 atom stereocenters. The minimum atomic E-state index is -4.30. The molecule has 1 saturated heterocycles. The molecule has 20 heavy (non-hydrogen) atoms. The van der Waals surface area contributed by atoms with Gasteiger partial charge in [0.25, 0.3) is 10.2 Å². The van der Waals surface area contributed by atoms with E-state index in [0.717, 1.165) is 8.61 Å². The number of nitrogens with zero attached hydrogens (tertiary/aromatic N) is 2. The highest BCUT2D eigenvalue weighted by Crippen LogP contribution is 2.34. The fourth-order valence-electron chi connectivity index (χ4n) is 1.98. The van der Waals surface area contributed by atoms with Gasteiger partial charge in [-0.3, -0.25) is 4.79 Å². The molecule has 1 fully saturated rings. The van der Waals surface area contributed by atoms with E-state index in [0.29, 0.717) is 0 Å². The lowest BCUT2D eigenvalue weighted by Gasteiger charge is -2.34. The van der Waals surface area contributed by atoms with Crippen LogP contribution in [-0.2, 0) is 15.0 Å². The van der Waals surface area contributed by atoms with Gasteiger partial charge in [-0.05, 0) is 12.8 Å². The molecule has 0 amide bonds. The van der Waals surface area contributed by atoms with E-state index in [1.54, 1.807) is 0 Å². The van der Waals surface area contributed by atoms with Gasteiger partial charge in [0.15, 0.2) is 0 Å². The van der Waals surface area contributed by atoms with Crippen molar-refractivity contribution >= 4 is 16.2 Å². The Bertz CT molecular complexity index is 444. The molecule has 118 valence electrons. The third-order valence-corrected chi connectivity index (χ3v) is 5.27. The lowest BCUT2D eigenvalue weighted by atomic mass is 9.98. The lowest BCUT2D eigenvalue weighted by molar-refractivity contribution is -0.182. The van der Waals surface area contributed by atoms with Crippen molar-refractivity contribution in [3.8, 4) is 0 Å². The van der Waals surface area contributed by atoms with Gasteiger partial charge in [-0.25, -0.2) is 0 Å². The van der Waals surface area contributed by atoms with Gasteiger partial charge in [0.1, 0.15) is 0 Å². The zero-order chi connectivity index (χ0) is 15.6. The SMILES string of the molecule is CN(CCC(=O)O)S(=O)(=O)N1CCC(C(F)(F)F)CC1. The van der Waals surface area contributed by atoms with Crippen LogP contribution in [0.2, 0.25) is 0 Å². The molecule has 0 aromatic carbocycles. The van der Waals surface area contributed by atoms with Gasteiger partial charge in [-0.1, -0.05) is 0 Å². The summed E-state index contributed by atoms with van der Waals surface area (Å²) in [7, 11) is -2.67. The molecule has 1 aliphatic heterocycles. The number of hydrogen-bond donors (Lipinski definition) is 1. The summed E-state index contributed by atoms with van der Waals surface area (Å²) in [5.74, 6) is -2.61. The first-order chi connectivity index (χ1) is 9.05. The number of aliphatic carboxylic acids is 1. The van der Waals surface area contributed by atoms with Gasteiger partial charge in [0.05, 0.1) is 12.3 Å². The molecule has 0 bridgehead atoms. The molecule has 0 aromatic rings. The maximum atomic E-state index is 12.5. The molecule has 1 rings (SSSR count). The molecule has 0 aliphatic carbocycles. The Balaban J connectivity index is 2.60. The van der Waals surface area contributed by atoms with Crippen LogP contribution in [0.3, 0.4) is 0 Å². The maximum Gasteiger partial charge on any atom is 0.391 e. The average molecular weight is 318 g/mol. The Hall–Kier alpha value is -0.870. The number of piperidine rings is 1. The molecule has 0 radical (unpaired) electrons. The van der Waals surface area contributed by atoms with Crippen molar-refractivity contribution in [3.05, 3.63) is 0 Å². The first kappa shape index (κ1) is 17.2. The topological polar surface area (TPSA) is 77.9 Å². The molecule has 0 aromatic heterocycles. The zero-order valence-corrected chi connectivity index (χ0v) is 11.7. The van der Waals surface area contributed by atoms with E-state index in [2.05, 4.69) is 0 Å². The molecular formula is C10H17F3N2O4S. The zero-order valence-electron chi connectivity index (χ0n) is 10.9. The number of halogens is 3. The summed E-state index contributed by atoms with van der Waals surface area (Å²) in [6.45, 7) is -0.620. The average Bonchev–Trinajstić information content (AvgIpc) is 2.34. The van der Waals surface area contributed by atoms with Crippen LogP contribution in [0.15, 0.2) is 0 Å². The van der Waals surface area contributed by atoms with Crippen molar-refractivity contribution in [2.45, 2.75) is 25.4 Å². The van der Waals surface area contributed by atoms with Gasteiger partial charge in [0.2, 0.25) is 0 Å². The Morgan fingerprint density at radius 3 is 2.25 bits per heavy atom. The van der Waals surface area contributed by atoms with Crippen LogP contribution in [-0.4, -0.2) is 61.0 Å². The molecule has 0 spiro atoms. The number of rotatable bonds is 5. The second-order valence-corrected chi connectivity index (χ2v) is 6.72. The third-order valence-electron chi connectivity index (χ3n) is 3.28. The largest absolute Gasteiger partial charge is 0.481 e. The van der Waals surface area contributed by atoms with E-state index < -0.39 is 28.3 Å². The van der Waals surface area contributed by atoms with Gasteiger partial charge in [-0.15, -0.1) is 0 Å². The van der Waals surface area contributed by atoms with E-state index in [-0.39, 0.29) is 38.9 Å². The molecule has 1 N–H and O–H groups in total. The highest BCUT2D eigenvalue weighted by molar-refractivity contribution is 7.86. The number of carboxylic acids is 1. The van der Waals surface area contributed by atoms with Crippen molar-refractivity contribution in [2.24, 2.45) is 5.92 Å². The Morgan fingerprint density at radius 2 is 1.85 bits per heavy atom. The smallest absolute Gasteiger partial charge is 0.391 e. The standard InChI is InChI=1S/C10H17F3N2O4S/c1-14(5-4-9(16)17)20(18,19)15-6-2-8(3-7-15)10(11,12)13/h8H,2-7H2,1H3,(H,16,17). The number of alkyl halides is 3. The van der Waals surface area contributed by atoms with E-state index in [9.17, 15) is 26.4 Å². The minimum Gasteiger partial charge on any atom is -0.481 e. The molecular weight excluding hydrogens is 301 g/mol. The van der Waals surface area contributed by atoms with Crippen LogP contribution < -0.4 is 0 Å². The summed E-state index contributed by atoms with van der Waals surface area (Å²) in [4.78, 5) is 10.4. The normalized spacial score (nSPS) is 19.4. The molecule has 6 nitrogen and oxygen atoms in total. The van der Waals surface area contributed by atoms with Gasteiger partial charge >= 0.3 is 12.1 Å². The van der Waals surface area contributed by atoms with Gasteiger partial charge < -0.3 is 5.11 Å². The van der Waals surface area contributed by atoms with Crippen molar-refractivity contribution in [1.82, 2.24) is 8.61 Å². The van der Waals surface area contributed by atoms with E-state index in [1.807, 2.05) is 0 Å². The van der Waals surface area contributed by atoms with Crippen molar-refractivity contribution < 1.29 is 31.5 Å². The van der Waals surface area contributed by atoms with Crippen LogP contribution >= 0.6 is 0 Å². The number of carboxylic acid groups (broad SMARTS) is 1. The van der Waals surface area contributed by atoms with E-state index in [1.165, 1.54) is 7.05 Å². The second kappa shape index (κ2) is 6.27. The number of carbonyl (C=O) groups is 1. The number of hydrogen-bond acceptors (Lipinski definition) is 3. The second-order valence-electron chi connectivity index (χ2n) is 4.69. The monoisotopic (exact) mass is 318 g/mol. The summed E-state index contributed by atoms with van der Waals surface area (Å²) >= 11 is 0. The van der Waals surface area contributed by atoms with Crippen LogP contribution in [0.4, 0.5) is 13.2 Å². The predicted octanol–water partition coefficient (Wildman–Crippen LogP) is 0.912. The van der Waals surface area contributed by atoms with Crippen molar-refractivity contribution in [2.75, 3.05) is 26.7 Å². The molecule has 0 unspecified atom stereocenters. The van der Waals surface area contributed by atoms with Crippen molar-refractivity contribution in [3.63, 3.8) is 0 Å². The Kier molecular flexibility index (Phi) is 5.39. The molecule has 1 aliphatic rings. The van der Waals surface area contributed by atoms with Gasteiger partial charge in [0, 0.05) is 26.7 Å². The Labute approximate surface area is 115 Å². The minimum absolute atomic E-state index is 0.204. The molecule has 0 saturated carbocycles. The highest BCUT2D eigenvalue weighted by atomic mass is 32.2. The summed E-state index contributed by atoms with van der Waals surface area (Å²) in [5, 5.41) is 8.50. The summed E-state index contributed by atoms with van der Waals surface area (Å²) in [6.07, 6.45) is -5.19. The van der Waals surface area contributed by atoms with Gasteiger partial charge in [-0.2, -0.15) is 30.2 Å². The van der Waals surface area contributed by atoms with E-state index >= 15 is 0 Å². The fourth-order valence-corrected chi connectivity index (χ4v) is 3.37. The molecule has 1 heterocycles.